The third-order valence-corrected chi connectivity index (χ3v) is 3.62. The first-order chi connectivity index (χ1) is 10.7. The van der Waals surface area contributed by atoms with Gasteiger partial charge in [-0.25, -0.2) is 0 Å². The zero-order chi connectivity index (χ0) is 15.5. The first-order valence-corrected chi connectivity index (χ1v) is 7.28. The maximum absolute atomic E-state index is 12.4. The average Bonchev–Trinajstić information content (AvgIpc) is 3.24. The highest BCUT2D eigenvalue weighted by molar-refractivity contribution is 5.63. The van der Waals surface area contributed by atoms with E-state index in [-0.39, 0.29) is 11.6 Å². The minimum absolute atomic E-state index is 0.0411. The molecule has 1 aliphatic carbocycles. The van der Waals surface area contributed by atoms with Crippen molar-refractivity contribution >= 4 is 0 Å². The maximum atomic E-state index is 12.4. The second kappa shape index (κ2) is 6.39. The van der Waals surface area contributed by atoms with Crippen LogP contribution in [0.5, 0.6) is 5.75 Å². The fraction of sp³-hybridized carbons (Fsp3) is 0.467. The monoisotopic (exact) mass is 309 g/mol. The van der Waals surface area contributed by atoms with Crippen LogP contribution in [0, 0.1) is 0 Å². The van der Waals surface area contributed by atoms with E-state index in [2.05, 4.69) is 26.7 Å². The van der Waals surface area contributed by atoms with Gasteiger partial charge < -0.3 is 9.26 Å². The van der Waals surface area contributed by atoms with Crippen molar-refractivity contribution in [1.29, 1.82) is 0 Å². The van der Waals surface area contributed by atoms with Crippen LogP contribution in [0.4, 0.5) is 8.78 Å². The summed E-state index contributed by atoms with van der Waals surface area (Å²) >= 11 is 0. The summed E-state index contributed by atoms with van der Waals surface area (Å²) < 4.78 is 34.6. The molecule has 1 aromatic heterocycles. The summed E-state index contributed by atoms with van der Waals surface area (Å²) in [6.07, 6.45) is 2.39. The van der Waals surface area contributed by atoms with Crippen LogP contribution >= 0.6 is 0 Å². The third kappa shape index (κ3) is 3.41. The highest BCUT2D eigenvalue weighted by atomic mass is 19.3. The van der Waals surface area contributed by atoms with Crippen molar-refractivity contribution < 1.29 is 18.0 Å². The number of hydrogen-bond donors (Lipinski definition) is 0. The molecule has 1 aromatic carbocycles. The van der Waals surface area contributed by atoms with Gasteiger partial charge in [0, 0.05) is 6.04 Å². The largest absolute Gasteiger partial charge is 0.434 e. The molecule has 0 aliphatic heterocycles. The Bertz CT molecular complexity index is 629. The third-order valence-electron chi connectivity index (χ3n) is 3.62. The van der Waals surface area contributed by atoms with E-state index in [4.69, 9.17) is 4.52 Å². The summed E-state index contributed by atoms with van der Waals surface area (Å²) in [4.78, 5) is 6.56. The van der Waals surface area contributed by atoms with Crippen molar-refractivity contribution in [2.75, 3.05) is 6.54 Å². The quantitative estimate of drug-likeness (QED) is 0.785. The summed E-state index contributed by atoms with van der Waals surface area (Å²) in [6, 6.07) is 7.01. The van der Waals surface area contributed by atoms with Gasteiger partial charge in [0.25, 0.3) is 0 Å². The topological polar surface area (TPSA) is 51.4 Å². The molecule has 1 saturated carbocycles. The van der Waals surface area contributed by atoms with E-state index in [1.807, 2.05) is 0 Å². The van der Waals surface area contributed by atoms with Crippen molar-refractivity contribution in [2.24, 2.45) is 0 Å². The summed E-state index contributed by atoms with van der Waals surface area (Å²) in [5.74, 6) is 0.785. The maximum Gasteiger partial charge on any atom is 0.387 e. The molecular weight excluding hydrogens is 292 g/mol. The smallest absolute Gasteiger partial charge is 0.387 e. The number of para-hydroxylation sites is 1. The summed E-state index contributed by atoms with van der Waals surface area (Å²) in [6.45, 7) is 0.680. The van der Waals surface area contributed by atoms with Crippen LogP contribution in [-0.4, -0.2) is 34.2 Å². The summed E-state index contributed by atoms with van der Waals surface area (Å²) in [5, 5.41) is 3.88. The van der Waals surface area contributed by atoms with Gasteiger partial charge in [0.15, 0.2) is 0 Å². The molecule has 0 spiro atoms. The molecule has 0 radical (unpaired) electrons. The average molecular weight is 309 g/mol. The molecule has 5 nitrogen and oxygen atoms in total. The number of ether oxygens (including phenoxy) is 1. The van der Waals surface area contributed by atoms with Gasteiger partial charge in [0.1, 0.15) is 5.75 Å². The molecule has 2 aromatic rings. The van der Waals surface area contributed by atoms with Crippen LogP contribution in [0.15, 0.2) is 28.8 Å². The van der Waals surface area contributed by atoms with Crippen LogP contribution in [0.2, 0.25) is 0 Å². The molecule has 0 amide bonds. The number of aromatic nitrogens is 2. The zero-order valence-corrected chi connectivity index (χ0v) is 12.2. The van der Waals surface area contributed by atoms with E-state index >= 15 is 0 Å². The van der Waals surface area contributed by atoms with Crippen molar-refractivity contribution in [3.05, 3.63) is 30.2 Å². The molecule has 0 atom stereocenters. The molecule has 7 heteroatoms. The standard InChI is InChI=1S/C15H17F2N3O2/c1-2-20(10-7-8-10)9-13-18-14(19-22-13)11-5-3-4-6-12(11)21-15(16)17/h3-6,10,15H,2,7-9H2,1H3. The summed E-state index contributed by atoms with van der Waals surface area (Å²) in [7, 11) is 0. The molecule has 3 rings (SSSR count). The van der Waals surface area contributed by atoms with Gasteiger partial charge in [-0.2, -0.15) is 13.8 Å². The zero-order valence-electron chi connectivity index (χ0n) is 12.2. The predicted molar refractivity (Wildman–Crippen MR) is 75.5 cm³/mol. The van der Waals surface area contributed by atoms with Crippen LogP contribution in [0.1, 0.15) is 25.7 Å². The molecule has 1 heterocycles. The lowest BCUT2D eigenvalue weighted by atomic mass is 10.2. The molecule has 1 aliphatic rings. The van der Waals surface area contributed by atoms with Crippen LogP contribution in [-0.2, 0) is 6.54 Å². The molecule has 0 unspecified atom stereocenters. The van der Waals surface area contributed by atoms with Gasteiger partial charge in [-0.15, -0.1) is 0 Å². The SMILES string of the molecule is CCN(Cc1nc(-c2ccccc2OC(F)F)no1)C1CC1. The minimum atomic E-state index is -2.89. The number of benzene rings is 1. The number of hydrogen-bond acceptors (Lipinski definition) is 5. The Hall–Kier alpha value is -2.02. The van der Waals surface area contributed by atoms with Gasteiger partial charge in [0.05, 0.1) is 12.1 Å². The van der Waals surface area contributed by atoms with E-state index in [0.717, 1.165) is 6.54 Å². The number of nitrogens with zero attached hydrogens (tertiary/aromatic N) is 3. The van der Waals surface area contributed by atoms with Crippen LogP contribution in [0.25, 0.3) is 11.4 Å². The molecule has 0 bridgehead atoms. The van der Waals surface area contributed by atoms with Crippen molar-refractivity contribution in [3.8, 4) is 17.1 Å². The van der Waals surface area contributed by atoms with Crippen LogP contribution in [0.3, 0.4) is 0 Å². The Morgan fingerprint density at radius 3 is 2.82 bits per heavy atom. The molecule has 0 saturated heterocycles. The lowest BCUT2D eigenvalue weighted by Gasteiger charge is -2.16. The Kier molecular flexibility index (Phi) is 4.33. The second-order valence-electron chi connectivity index (χ2n) is 5.18. The summed E-state index contributed by atoms with van der Waals surface area (Å²) in [5.41, 5.74) is 0.396. The number of halogens is 2. The minimum Gasteiger partial charge on any atom is -0.434 e. The van der Waals surface area contributed by atoms with Gasteiger partial charge in [-0.05, 0) is 31.5 Å². The van der Waals surface area contributed by atoms with E-state index in [9.17, 15) is 8.78 Å². The van der Waals surface area contributed by atoms with E-state index in [1.54, 1.807) is 18.2 Å². The lowest BCUT2D eigenvalue weighted by Crippen LogP contribution is -2.25. The van der Waals surface area contributed by atoms with Gasteiger partial charge in [-0.1, -0.05) is 24.2 Å². The number of alkyl halides is 2. The Balaban J connectivity index is 1.78. The molecule has 22 heavy (non-hydrogen) atoms. The fourth-order valence-electron chi connectivity index (χ4n) is 2.39. The highest BCUT2D eigenvalue weighted by Gasteiger charge is 2.29. The number of rotatable bonds is 7. The highest BCUT2D eigenvalue weighted by Crippen LogP contribution is 2.30. The molecule has 118 valence electrons. The molecule has 1 fully saturated rings. The van der Waals surface area contributed by atoms with E-state index in [1.165, 1.54) is 18.9 Å². The Labute approximate surface area is 126 Å². The first-order valence-electron chi connectivity index (χ1n) is 7.28. The van der Waals surface area contributed by atoms with Gasteiger partial charge in [0.2, 0.25) is 11.7 Å². The Morgan fingerprint density at radius 1 is 1.36 bits per heavy atom. The van der Waals surface area contributed by atoms with Gasteiger partial charge >= 0.3 is 6.61 Å². The normalized spacial score (nSPS) is 14.8. The second-order valence-corrected chi connectivity index (χ2v) is 5.18. The fourth-order valence-corrected chi connectivity index (χ4v) is 2.39. The van der Waals surface area contributed by atoms with Crippen LogP contribution < -0.4 is 4.74 Å². The first kappa shape index (κ1) is 14.9. The van der Waals surface area contributed by atoms with Crippen molar-refractivity contribution in [3.63, 3.8) is 0 Å². The van der Waals surface area contributed by atoms with E-state index in [0.29, 0.717) is 24.0 Å². The predicted octanol–water partition coefficient (Wildman–Crippen LogP) is 3.32. The van der Waals surface area contributed by atoms with Crippen molar-refractivity contribution in [2.45, 2.75) is 39.0 Å². The lowest BCUT2D eigenvalue weighted by molar-refractivity contribution is -0.0494. The molecule has 0 N–H and O–H groups in total. The van der Waals surface area contributed by atoms with E-state index < -0.39 is 6.61 Å². The van der Waals surface area contributed by atoms with Crippen molar-refractivity contribution in [1.82, 2.24) is 15.0 Å². The molecular formula is C15H17F2N3O2. The Morgan fingerprint density at radius 2 is 2.14 bits per heavy atom. The van der Waals surface area contributed by atoms with Gasteiger partial charge in [-0.3, -0.25) is 4.90 Å².